The first-order chi connectivity index (χ1) is 9.52. The molecular formula is C14H20N2O4. The van der Waals surface area contributed by atoms with Gasteiger partial charge in [-0.2, -0.15) is 0 Å². The number of ether oxygens (including phenoxy) is 1. The number of carboxylic acid groups (broad SMARTS) is 1. The highest BCUT2D eigenvalue weighted by Crippen LogP contribution is 2.10. The molecule has 2 N–H and O–H groups in total. The zero-order valence-electron chi connectivity index (χ0n) is 11.8. The summed E-state index contributed by atoms with van der Waals surface area (Å²) in [6.07, 6.45) is 2.99. The zero-order valence-corrected chi connectivity index (χ0v) is 11.8. The maximum Gasteiger partial charge on any atom is 0.339 e. The number of nitrogens with zero attached hydrogens (tertiary/aromatic N) is 1. The molecule has 1 aromatic rings. The van der Waals surface area contributed by atoms with E-state index < -0.39 is 5.97 Å². The van der Waals surface area contributed by atoms with Crippen molar-refractivity contribution in [1.29, 1.82) is 0 Å². The van der Waals surface area contributed by atoms with Crippen molar-refractivity contribution in [2.24, 2.45) is 0 Å². The van der Waals surface area contributed by atoms with Gasteiger partial charge >= 0.3 is 11.9 Å². The van der Waals surface area contributed by atoms with Gasteiger partial charge in [0.05, 0.1) is 12.2 Å². The van der Waals surface area contributed by atoms with Crippen LogP contribution in [0.1, 0.15) is 43.5 Å². The van der Waals surface area contributed by atoms with E-state index in [-0.39, 0.29) is 18.4 Å². The fourth-order valence-electron chi connectivity index (χ4n) is 1.70. The van der Waals surface area contributed by atoms with Crippen molar-refractivity contribution >= 4 is 17.8 Å². The number of carboxylic acids is 1. The highest BCUT2D eigenvalue weighted by molar-refractivity contribution is 5.89. The molecule has 1 atom stereocenters. The Bertz CT molecular complexity index is 445. The molecule has 6 heteroatoms. The molecule has 0 aliphatic rings. The molecule has 0 spiro atoms. The summed E-state index contributed by atoms with van der Waals surface area (Å²) in [7, 11) is 0. The van der Waals surface area contributed by atoms with Crippen LogP contribution in [0.5, 0.6) is 0 Å². The SMILES string of the molecule is CCOC(=O)c1ccc(NC(C)CCCC(=O)O)nc1. The molecule has 0 radical (unpaired) electrons. The maximum absolute atomic E-state index is 11.4. The average Bonchev–Trinajstić information content (AvgIpc) is 2.39. The molecular weight excluding hydrogens is 260 g/mol. The van der Waals surface area contributed by atoms with Gasteiger partial charge in [0.25, 0.3) is 0 Å². The second-order valence-electron chi connectivity index (χ2n) is 4.48. The van der Waals surface area contributed by atoms with Crippen LogP contribution in [0.2, 0.25) is 0 Å². The van der Waals surface area contributed by atoms with Crippen molar-refractivity contribution in [3.05, 3.63) is 23.9 Å². The van der Waals surface area contributed by atoms with Gasteiger partial charge in [0.1, 0.15) is 5.82 Å². The van der Waals surface area contributed by atoms with E-state index in [0.717, 1.165) is 6.42 Å². The Morgan fingerprint density at radius 2 is 2.20 bits per heavy atom. The normalized spacial score (nSPS) is 11.7. The second kappa shape index (κ2) is 8.14. The van der Waals surface area contributed by atoms with E-state index in [1.807, 2.05) is 6.92 Å². The number of hydrogen-bond donors (Lipinski definition) is 2. The first kappa shape index (κ1) is 15.9. The fourth-order valence-corrected chi connectivity index (χ4v) is 1.70. The zero-order chi connectivity index (χ0) is 15.0. The van der Waals surface area contributed by atoms with Crippen LogP contribution in [0.15, 0.2) is 18.3 Å². The van der Waals surface area contributed by atoms with Crippen LogP contribution in [0.25, 0.3) is 0 Å². The lowest BCUT2D eigenvalue weighted by Crippen LogP contribution is -2.16. The van der Waals surface area contributed by atoms with Crippen LogP contribution >= 0.6 is 0 Å². The van der Waals surface area contributed by atoms with Crippen molar-refractivity contribution in [3.8, 4) is 0 Å². The van der Waals surface area contributed by atoms with E-state index in [9.17, 15) is 9.59 Å². The summed E-state index contributed by atoms with van der Waals surface area (Å²) in [6, 6.07) is 3.48. The lowest BCUT2D eigenvalue weighted by molar-refractivity contribution is -0.137. The molecule has 0 saturated carbocycles. The number of esters is 1. The molecule has 0 bridgehead atoms. The highest BCUT2D eigenvalue weighted by Gasteiger charge is 2.08. The van der Waals surface area contributed by atoms with Gasteiger partial charge < -0.3 is 15.2 Å². The maximum atomic E-state index is 11.4. The lowest BCUT2D eigenvalue weighted by Gasteiger charge is -2.14. The Hall–Kier alpha value is -2.11. The predicted octanol–water partition coefficient (Wildman–Crippen LogP) is 2.31. The summed E-state index contributed by atoms with van der Waals surface area (Å²) in [6.45, 7) is 4.04. The number of aromatic nitrogens is 1. The molecule has 1 aromatic heterocycles. The number of rotatable bonds is 8. The number of nitrogens with one attached hydrogen (secondary N) is 1. The van der Waals surface area contributed by atoms with Gasteiger partial charge in [-0.15, -0.1) is 0 Å². The van der Waals surface area contributed by atoms with Crippen LogP contribution < -0.4 is 5.32 Å². The standard InChI is InChI=1S/C14H20N2O4/c1-3-20-14(19)11-7-8-12(15-9-11)16-10(2)5-4-6-13(17)18/h7-10H,3-6H2,1-2H3,(H,15,16)(H,17,18). The van der Waals surface area contributed by atoms with Crippen molar-refractivity contribution in [1.82, 2.24) is 4.98 Å². The molecule has 0 amide bonds. The van der Waals surface area contributed by atoms with Crippen molar-refractivity contribution in [2.45, 2.75) is 39.2 Å². The number of pyridine rings is 1. The van der Waals surface area contributed by atoms with Crippen LogP contribution in [0.3, 0.4) is 0 Å². The van der Waals surface area contributed by atoms with Crippen LogP contribution in [-0.2, 0) is 9.53 Å². The largest absolute Gasteiger partial charge is 0.481 e. The quantitative estimate of drug-likeness (QED) is 0.710. The molecule has 0 saturated heterocycles. The molecule has 0 fully saturated rings. The fraction of sp³-hybridized carbons (Fsp3) is 0.500. The Labute approximate surface area is 118 Å². The third-order valence-electron chi connectivity index (χ3n) is 2.70. The molecule has 20 heavy (non-hydrogen) atoms. The first-order valence-electron chi connectivity index (χ1n) is 6.64. The van der Waals surface area contributed by atoms with Gasteiger partial charge in [-0.05, 0) is 38.8 Å². The van der Waals surface area contributed by atoms with Crippen LogP contribution in [0, 0.1) is 0 Å². The first-order valence-corrected chi connectivity index (χ1v) is 6.64. The second-order valence-corrected chi connectivity index (χ2v) is 4.48. The van der Waals surface area contributed by atoms with Gasteiger partial charge in [0, 0.05) is 18.7 Å². The molecule has 0 aromatic carbocycles. The van der Waals surface area contributed by atoms with Gasteiger partial charge in [0.15, 0.2) is 0 Å². The molecule has 110 valence electrons. The summed E-state index contributed by atoms with van der Waals surface area (Å²) in [4.78, 5) is 26.0. The predicted molar refractivity (Wildman–Crippen MR) is 74.8 cm³/mol. The van der Waals surface area contributed by atoms with E-state index in [1.54, 1.807) is 19.1 Å². The molecule has 6 nitrogen and oxygen atoms in total. The van der Waals surface area contributed by atoms with Gasteiger partial charge in [-0.1, -0.05) is 0 Å². The summed E-state index contributed by atoms with van der Waals surface area (Å²) in [5.41, 5.74) is 0.413. The summed E-state index contributed by atoms with van der Waals surface area (Å²) >= 11 is 0. The Balaban J connectivity index is 2.44. The number of carbonyl (C=O) groups is 2. The number of aliphatic carboxylic acids is 1. The van der Waals surface area contributed by atoms with E-state index in [0.29, 0.717) is 24.4 Å². The van der Waals surface area contributed by atoms with Crippen molar-refractivity contribution < 1.29 is 19.4 Å². The molecule has 0 aliphatic carbocycles. The third kappa shape index (κ3) is 5.69. The van der Waals surface area contributed by atoms with E-state index >= 15 is 0 Å². The Morgan fingerprint density at radius 1 is 1.45 bits per heavy atom. The third-order valence-corrected chi connectivity index (χ3v) is 2.70. The smallest absolute Gasteiger partial charge is 0.339 e. The number of hydrogen-bond acceptors (Lipinski definition) is 5. The number of carbonyl (C=O) groups excluding carboxylic acids is 1. The van der Waals surface area contributed by atoms with E-state index in [2.05, 4.69) is 10.3 Å². The average molecular weight is 280 g/mol. The van der Waals surface area contributed by atoms with Crippen LogP contribution in [0.4, 0.5) is 5.82 Å². The minimum atomic E-state index is -0.783. The van der Waals surface area contributed by atoms with Gasteiger partial charge in [0.2, 0.25) is 0 Å². The van der Waals surface area contributed by atoms with E-state index in [1.165, 1.54) is 6.20 Å². The lowest BCUT2D eigenvalue weighted by atomic mass is 10.1. The van der Waals surface area contributed by atoms with Gasteiger partial charge in [-0.25, -0.2) is 9.78 Å². The van der Waals surface area contributed by atoms with Crippen molar-refractivity contribution in [2.75, 3.05) is 11.9 Å². The monoisotopic (exact) mass is 280 g/mol. The van der Waals surface area contributed by atoms with Crippen molar-refractivity contribution in [3.63, 3.8) is 0 Å². The summed E-state index contributed by atoms with van der Waals surface area (Å²) in [5, 5.41) is 11.7. The Kier molecular flexibility index (Phi) is 6.49. The molecule has 0 aliphatic heterocycles. The Morgan fingerprint density at radius 3 is 2.75 bits per heavy atom. The molecule has 1 heterocycles. The summed E-state index contributed by atoms with van der Waals surface area (Å²) in [5.74, 6) is -0.518. The minimum absolute atomic E-state index is 0.121. The minimum Gasteiger partial charge on any atom is -0.481 e. The van der Waals surface area contributed by atoms with Crippen LogP contribution in [-0.4, -0.2) is 34.7 Å². The molecule has 1 unspecified atom stereocenters. The highest BCUT2D eigenvalue weighted by atomic mass is 16.5. The molecule has 1 rings (SSSR count). The van der Waals surface area contributed by atoms with E-state index in [4.69, 9.17) is 9.84 Å². The topological polar surface area (TPSA) is 88.5 Å². The van der Waals surface area contributed by atoms with Gasteiger partial charge in [-0.3, -0.25) is 4.79 Å². The number of anilines is 1. The summed E-state index contributed by atoms with van der Waals surface area (Å²) < 4.78 is 4.87.